The van der Waals surface area contributed by atoms with Crippen molar-refractivity contribution in [2.75, 3.05) is 7.11 Å². The lowest BCUT2D eigenvalue weighted by atomic mass is 10.1. The van der Waals surface area contributed by atoms with E-state index < -0.39 is 0 Å². The minimum Gasteiger partial charge on any atom is -0.496 e. The van der Waals surface area contributed by atoms with Gasteiger partial charge in [0.2, 0.25) is 5.78 Å². The van der Waals surface area contributed by atoms with Crippen LogP contribution in [-0.4, -0.2) is 12.9 Å². The number of methoxy groups -OCH3 is 1. The highest BCUT2D eigenvalue weighted by Crippen LogP contribution is 2.25. The summed E-state index contributed by atoms with van der Waals surface area (Å²) in [6.45, 7) is 2.09. The van der Waals surface area contributed by atoms with Gasteiger partial charge in [-0.05, 0) is 30.7 Å². The van der Waals surface area contributed by atoms with Crippen LogP contribution in [0.4, 0.5) is 0 Å². The second-order valence-electron chi connectivity index (χ2n) is 3.65. The molecule has 0 saturated carbocycles. The number of ketones is 1. The second-order valence-corrected chi connectivity index (χ2v) is 4.82. The average molecular weight is 246 g/mol. The molecule has 1 aromatic carbocycles. The van der Waals surface area contributed by atoms with Crippen LogP contribution in [0.3, 0.4) is 0 Å². The third-order valence-corrected chi connectivity index (χ3v) is 3.81. The van der Waals surface area contributed by atoms with Crippen molar-refractivity contribution < 1.29 is 9.53 Å². The zero-order valence-electron chi connectivity index (χ0n) is 9.90. The molecule has 0 aliphatic rings. The SMILES string of the molecule is CCc1ccc(C(=O)c2ccccc2OC)s1. The van der Waals surface area contributed by atoms with E-state index in [0.29, 0.717) is 11.3 Å². The van der Waals surface area contributed by atoms with Gasteiger partial charge in [0, 0.05) is 4.88 Å². The normalized spacial score (nSPS) is 10.2. The maximum atomic E-state index is 12.3. The summed E-state index contributed by atoms with van der Waals surface area (Å²) >= 11 is 1.55. The summed E-state index contributed by atoms with van der Waals surface area (Å²) in [5.41, 5.74) is 0.625. The van der Waals surface area contributed by atoms with Crippen molar-refractivity contribution in [1.29, 1.82) is 0 Å². The number of benzene rings is 1. The standard InChI is InChI=1S/C14H14O2S/c1-3-10-8-9-13(17-10)14(15)11-6-4-5-7-12(11)16-2/h4-9H,3H2,1-2H3. The van der Waals surface area contributed by atoms with Crippen LogP contribution in [0.25, 0.3) is 0 Å². The first-order valence-corrected chi connectivity index (χ1v) is 6.34. The Balaban J connectivity index is 2.36. The highest BCUT2D eigenvalue weighted by Gasteiger charge is 2.15. The van der Waals surface area contributed by atoms with Gasteiger partial charge in [-0.2, -0.15) is 0 Å². The van der Waals surface area contributed by atoms with Crippen LogP contribution in [-0.2, 0) is 6.42 Å². The molecule has 0 N–H and O–H groups in total. The van der Waals surface area contributed by atoms with Crippen LogP contribution in [0.5, 0.6) is 5.75 Å². The van der Waals surface area contributed by atoms with Crippen molar-refractivity contribution in [3.63, 3.8) is 0 Å². The first kappa shape index (κ1) is 11.9. The van der Waals surface area contributed by atoms with Crippen LogP contribution in [0.15, 0.2) is 36.4 Å². The van der Waals surface area contributed by atoms with E-state index in [0.717, 1.165) is 11.3 Å². The molecule has 0 radical (unpaired) electrons. The summed E-state index contributed by atoms with van der Waals surface area (Å²) in [4.78, 5) is 14.3. The Morgan fingerprint density at radius 2 is 2.00 bits per heavy atom. The van der Waals surface area contributed by atoms with Gasteiger partial charge >= 0.3 is 0 Å². The Bertz CT molecular complexity index is 529. The van der Waals surface area contributed by atoms with Crippen molar-refractivity contribution in [2.45, 2.75) is 13.3 Å². The van der Waals surface area contributed by atoms with Gasteiger partial charge in [-0.3, -0.25) is 4.79 Å². The van der Waals surface area contributed by atoms with Crippen molar-refractivity contribution in [1.82, 2.24) is 0 Å². The molecule has 2 aromatic rings. The Morgan fingerprint density at radius 3 is 2.65 bits per heavy atom. The fraction of sp³-hybridized carbons (Fsp3) is 0.214. The molecule has 0 saturated heterocycles. The Hall–Kier alpha value is -1.61. The summed E-state index contributed by atoms with van der Waals surface area (Å²) in [5.74, 6) is 0.663. The topological polar surface area (TPSA) is 26.3 Å². The monoisotopic (exact) mass is 246 g/mol. The zero-order valence-corrected chi connectivity index (χ0v) is 10.7. The molecule has 0 fully saturated rings. The second kappa shape index (κ2) is 5.15. The summed E-state index contributed by atoms with van der Waals surface area (Å²) in [6, 6.07) is 11.2. The molecule has 1 heterocycles. The van der Waals surface area contributed by atoms with Gasteiger partial charge in [-0.25, -0.2) is 0 Å². The third kappa shape index (κ3) is 2.39. The fourth-order valence-electron chi connectivity index (χ4n) is 1.65. The number of para-hydroxylation sites is 1. The number of aryl methyl sites for hydroxylation is 1. The molecule has 88 valence electrons. The molecule has 17 heavy (non-hydrogen) atoms. The molecule has 0 unspecified atom stereocenters. The van der Waals surface area contributed by atoms with Crippen LogP contribution in [0, 0.1) is 0 Å². The zero-order chi connectivity index (χ0) is 12.3. The molecule has 0 aliphatic heterocycles. The van der Waals surface area contributed by atoms with E-state index in [-0.39, 0.29) is 5.78 Å². The van der Waals surface area contributed by atoms with Crippen LogP contribution in [0.1, 0.15) is 27.0 Å². The highest BCUT2D eigenvalue weighted by atomic mass is 32.1. The van der Waals surface area contributed by atoms with Gasteiger partial charge in [0.25, 0.3) is 0 Å². The number of thiophene rings is 1. The maximum absolute atomic E-state index is 12.3. The lowest BCUT2D eigenvalue weighted by Gasteiger charge is -2.05. The summed E-state index contributed by atoms with van der Waals surface area (Å²) in [5, 5.41) is 0. The Morgan fingerprint density at radius 1 is 1.24 bits per heavy atom. The quantitative estimate of drug-likeness (QED) is 0.771. The van der Waals surface area contributed by atoms with E-state index in [1.165, 1.54) is 4.88 Å². The van der Waals surface area contributed by atoms with Crippen molar-refractivity contribution in [3.8, 4) is 5.75 Å². The van der Waals surface area contributed by atoms with Crippen LogP contribution < -0.4 is 4.74 Å². The maximum Gasteiger partial charge on any atom is 0.206 e. The van der Waals surface area contributed by atoms with Crippen LogP contribution in [0.2, 0.25) is 0 Å². The van der Waals surface area contributed by atoms with Gasteiger partial charge in [0.05, 0.1) is 17.6 Å². The van der Waals surface area contributed by atoms with Gasteiger partial charge in [0.15, 0.2) is 0 Å². The number of carbonyl (C=O) groups excluding carboxylic acids is 1. The van der Waals surface area contributed by atoms with Crippen LogP contribution >= 0.6 is 11.3 Å². The van der Waals surface area contributed by atoms with Crippen molar-refractivity contribution in [2.24, 2.45) is 0 Å². The van der Waals surface area contributed by atoms with Gasteiger partial charge in [0.1, 0.15) is 5.75 Å². The van der Waals surface area contributed by atoms with Gasteiger partial charge < -0.3 is 4.74 Å². The van der Waals surface area contributed by atoms with Gasteiger partial charge in [-0.1, -0.05) is 19.1 Å². The molecular formula is C14H14O2S. The highest BCUT2D eigenvalue weighted by molar-refractivity contribution is 7.14. The molecule has 0 amide bonds. The number of ether oxygens (including phenoxy) is 1. The molecule has 2 nitrogen and oxygen atoms in total. The molecule has 0 aliphatic carbocycles. The average Bonchev–Trinajstić information content (AvgIpc) is 2.86. The minimum absolute atomic E-state index is 0.0344. The smallest absolute Gasteiger partial charge is 0.206 e. The number of hydrogen-bond donors (Lipinski definition) is 0. The summed E-state index contributed by atoms with van der Waals surface area (Å²) in [6.07, 6.45) is 0.962. The molecule has 0 bridgehead atoms. The molecule has 3 heteroatoms. The number of carbonyl (C=O) groups is 1. The van der Waals surface area contributed by atoms with E-state index in [4.69, 9.17) is 4.74 Å². The van der Waals surface area contributed by atoms with Crippen molar-refractivity contribution >= 4 is 17.1 Å². The largest absolute Gasteiger partial charge is 0.496 e. The first-order chi connectivity index (χ1) is 8.26. The predicted molar refractivity (Wildman–Crippen MR) is 70.1 cm³/mol. The summed E-state index contributed by atoms with van der Waals surface area (Å²) < 4.78 is 5.20. The lowest BCUT2D eigenvalue weighted by molar-refractivity contribution is 0.103. The van der Waals surface area contributed by atoms with Crippen molar-refractivity contribution in [3.05, 3.63) is 51.7 Å². The molecule has 0 atom stereocenters. The molecule has 0 spiro atoms. The summed E-state index contributed by atoms with van der Waals surface area (Å²) in [7, 11) is 1.58. The minimum atomic E-state index is 0.0344. The molecular weight excluding hydrogens is 232 g/mol. The lowest BCUT2D eigenvalue weighted by Crippen LogP contribution is -2.01. The van der Waals surface area contributed by atoms with Gasteiger partial charge in [-0.15, -0.1) is 11.3 Å². The number of rotatable bonds is 4. The Kier molecular flexibility index (Phi) is 3.59. The van der Waals surface area contributed by atoms with E-state index in [1.54, 1.807) is 24.5 Å². The van der Waals surface area contributed by atoms with E-state index in [2.05, 4.69) is 6.92 Å². The number of hydrogen-bond acceptors (Lipinski definition) is 3. The Labute approximate surface area is 105 Å². The molecule has 2 rings (SSSR count). The fourth-order valence-corrected chi connectivity index (χ4v) is 2.56. The predicted octanol–water partition coefficient (Wildman–Crippen LogP) is 3.55. The third-order valence-electron chi connectivity index (χ3n) is 2.59. The molecule has 1 aromatic heterocycles. The van der Waals surface area contributed by atoms with E-state index in [9.17, 15) is 4.79 Å². The van der Waals surface area contributed by atoms with E-state index >= 15 is 0 Å². The van der Waals surface area contributed by atoms with E-state index in [1.807, 2.05) is 30.3 Å². The first-order valence-electron chi connectivity index (χ1n) is 5.52.